The zero-order valence-electron chi connectivity index (χ0n) is 21.0. The van der Waals surface area contributed by atoms with Crippen LogP contribution in [0, 0.1) is 5.41 Å². The Bertz CT molecular complexity index is 1060. The van der Waals surface area contributed by atoms with E-state index in [2.05, 4.69) is 21.7 Å². The van der Waals surface area contributed by atoms with E-state index < -0.39 is 5.41 Å². The molecule has 5 rings (SSSR count). The summed E-state index contributed by atoms with van der Waals surface area (Å²) in [7, 11) is 0. The average Bonchev–Trinajstić information content (AvgIpc) is 3.36. The molecule has 2 aliphatic heterocycles. The molecular weight excluding hydrogens is 458 g/mol. The molecule has 2 aromatic rings. The summed E-state index contributed by atoms with van der Waals surface area (Å²) in [5.41, 5.74) is 2.97. The molecule has 0 radical (unpaired) electrons. The smallest absolute Gasteiger partial charge is 0.260 e. The van der Waals surface area contributed by atoms with Crippen LogP contribution in [0.3, 0.4) is 0 Å². The summed E-state index contributed by atoms with van der Waals surface area (Å²) in [5, 5.41) is 11.4. The maximum atomic E-state index is 13.3. The highest BCUT2D eigenvalue weighted by atomic mass is 16.5. The highest BCUT2D eigenvalue weighted by Crippen LogP contribution is 2.37. The summed E-state index contributed by atoms with van der Waals surface area (Å²) < 4.78 is 13.5. The molecule has 3 aliphatic rings. The lowest BCUT2D eigenvalue weighted by Crippen LogP contribution is -2.51. The van der Waals surface area contributed by atoms with Gasteiger partial charge in [0.2, 0.25) is 5.91 Å². The molecule has 2 bridgehead atoms. The molecule has 1 spiro atoms. The molecule has 1 saturated heterocycles. The zero-order chi connectivity index (χ0) is 24.8. The van der Waals surface area contributed by atoms with Crippen molar-refractivity contribution in [1.82, 2.24) is 25.2 Å². The molecule has 1 aromatic heterocycles. The highest BCUT2D eigenvalue weighted by molar-refractivity contribution is 5.83. The first-order chi connectivity index (χ1) is 17.6. The van der Waals surface area contributed by atoms with Gasteiger partial charge in [-0.2, -0.15) is 0 Å². The third-order valence-electron chi connectivity index (χ3n) is 7.92. The summed E-state index contributed by atoms with van der Waals surface area (Å²) >= 11 is 0. The maximum absolute atomic E-state index is 13.3. The van der Waals surface area contributed by atoms with E-state index in [0.29, 0.717) is 45.7 Å². The standard InChI is InChI=1S/C27H37N5O4/c33-25(20-36-24-9-5-7-21-6-1-2-8-23(21)24)31-15-11-27(12-16-31)10-3-4-14-32-18-22(29-30-32)19-35-17-13-28-26(27)34/h5,7,9,18H,1-4,6,8,10-17,19-20H2,(H,28,34). The predicted molar refractivity (Wildman–Crippen MR) is 133 cm³/mol. The van der Waals surface area contributed by atoms with E-state index in [1.807, 2.05) is 27.9 Å². The van der Waals surface area contributed by atoms with E-state index in [0.717, 1.165) is 50.1 Å². The van der Waals surface area contributed by atoms with Gasteiger partial charge in [0.15, 0.2) is 6.61 Å². The van der Waals surface area contributed by atoms with Crippen molar-refractivity contribution in [1.29, 1.82) is 0 Å². The van der Waals surface area contributed by atoms with Crippen molar-refractivity contribution in [3.63, 3.8) is 0 Å². The number of hydrogen-bond donors (Lipinski definition) is 1. The fraction of sp³-hybridized carbons (Fsp3) is 0.630. The number of nitrogens with zero attached hydrogens (tertiary/aromatic N) is 4. The lowest BCUT2D eigenvalue weighted by atomic mass is 9.73. The van der Waals surface area contributed by atoms with Crippen LogP contribution in [-0.2, 0) is 40.3 Å². The fourth-order valence-corrected chi connectivity index (χ4v) is 5.74. The van der Waals surface area contributed by atoms with Crippen LogP contribution in [0.2, 0.25) is 0 Å². The Morgan fingerprint density at radius 1 is 1.08 bits per heavy atom. The highest BCUT2D eigenvalue weighted by Gasteiger charge is 2.41. The number of rotatable bonds is 3. The second-order valence-corrected chi connectivity index (χ2v) is 10.3. The van der Waals surface area contributed by atoms with Gasteiger partial charge in [-0.3, -0.25) is 14.3 Å². The third kappa shape index (κ3) is 5.72. The molecule has 0 unspecified atom stereocenters. The van der Waals surface area contributed by atoms with Crippen LogP contribution in [0.25, 0.3) is 0 Å². The van der Waals surface area contributed by atoms with E-state index in [9.17, 15) is 9.59 Å². The van der Waals surface area contributed by atoms with Gasteiger partial charge in [-0.05, 0) is 68.6 Å². The van der Waals surface area contributed by atoms with Crippen LogP contribution in [0.1, 0.15) is 61.8 Å². The van der Waals surface area contributed by atoms with E-state index in [-0.39, 0.29) is 18.4 Å². The first-order valence-electron chi connectivity index (χ1n) is 13.4. The molecular formula is C27H37N5O4. The number of piperidine rings is 1. The molecule has 36 heavy (non-hydrogen) atoms. The van der Waals surface area contributed by atoms with Gasteiger partial charge in [-0.1, -0.05) is 23.8 Å². The van der Waals surface area contributed by atoms with Crippen molar-refractivity contribution in [3.05, 3.63) is 41.2 Å². The Hall–Kier alpha value is -2.94. The van der Waals surface area contributed by atoms with Crippen LogP contribution in [-0.4, -0.2) is 64.6 Å². The molecule has 3 heterocycles. The minimum atomic E-state index is -0.451. The Labute approximate surface area is 212 Å². The molecule has 1 fully saturated rings. The van der Waals surface area contributed by atoms with Crippen molar-refractivity contribution in [2.45, 2.75) is 70.9 Å². The van der Waals surface area contributed by atoms with Gasteiger partial charge >= 0.3 is 0 Å². The van der Waals surface area contributed by atoms with Crippen LogP contribution in [0.15, 0.2) is 24.4 Å². The summed E-state index contributed by atoms with van der Waals surface area (Å²) in [4.78, 5) is 28.1. The quantitative estimate of drug-likeness (QED) is 0.703. The van der Waals surface area contributed by atoms with E-state index >= 15 is 0 Å². The number of nitrogens with one attached hydrogen (secondary N) is 1. The predicted octanol–water partition coefficient (Wildman–Crippen LogP) is 2.66. The van der Waals surface area contributed by atoms with Crippen LogP contribution >= 0.6 is 0 Å². The monoisotopic (exact) mass is 495 g/mol. The van der Waals surface area contributed by atoms with E-state index in [1.165, 1.54) is 24.0 Å². The molecule has 0 atom stereocenters. The van der Waals surface area contributed by atoms with Crippen molar-refractivity contribution in [2.24, 2.45) is 5.41 Å². The van der Waals surface area contributed by atoms with Crippen LogP contribution in [0.5, 0.6) is 5.75 Å². The van der Waals surface area contributed by atoms with Crippen molar-refractivity contribution in [2.75, 3.05) is 32.8 Å². The molecule has 2 amide bonds. The number of amides is 2. The first-order valence-corrected chi connectivity index (χ1v) is 13.4. The number of fused-ring (bicyclic) bond motifs is 3. The summed E-state index contributed by atoms with van der Waals surface area (Å²) in [6.07, 6.45) is 10.4. The van der Waals surface area contributed by atoms with Gasteiger partial charge in [0.1, 0.15) is 11.4 Å². The number of carbonyl (C=O) groups excluding carboxylic acids is 2. The normalized spacial score (nSPS) is 20.8. The number of hydrogen-bond acceptors (Lipinski definition) is 6. The Morgan fingerprint density at radius 3 is 2.83 bits per heavy atom. The first kappa shape index (κ1) is 24.7. The second-order valence-electron chi connectivity index (χ2n) is 10.3. The lowest BCUT2D eigenvalue weighted by molar-refractivity contribution is -0.142. The molecule has 0 saturated carbocycles. The molecule has 9 nitrogen and oxygen atoms in total. The minimum absolute atomic E-state index is 0.00468. The maximum Gasteiger partial charge on any atom is 0.260 e. The number of likely N-dealkylation sites (tertiary alicyclic amines) is 1. The topological polar surface area (TPSA) is 98.6 Å². The van der Waals surface area contributed by atoms with Crippen LogP contribution in [0.4, 0.5) is 0 Å². The van der Waals surface area contributed by atoms with Gasteiger partial charge in [0.25, 0.3) is 5.91 Å². The van der Waals surface area contributed by atoms with Crippen molar-refractivity contribution < 1.29 is 19.1 Å². The van der Waals surface area contributed by atoms with Gasteiger partial charge < -0.3 is 19.7 Å². The Morgan fingerprint density at radius 2 is 1.94 bits per heavy atom. The molecule has 1 aromatic carbocycles. The number of aryl methyl sites for hydroxylation is 2. The van der Waals surface area contributed by atoms with E-state index in [1.54, 1.807) is 0 Å². The summed E-state index contributed by atoms with van der Waals surface area (Å²) in [5.74, 6) is 0.926. The third-order valence-corrected chi connectivity index (χ3v) is 7.92. The SMILES string of the molecule is O=C(COc1cccc2c1CCCC2)N1CCC2(CCCCn3cc(nn3)COCCNC2=O)CC1. The fourth-order valence-electron chi connectivity index (χ4n) is 5.74. The average molecular weight is 496 g/mol. The Kier molecular flexibility index (Phi) is 7.84. The number of aromatic nitrogens is 3. The summed E-state index contributed by atoms with van der Waals surface area (Å²) in [6, 6.07) is 6.17. The lowest BCUT2D eigenvalue weighted by Gasteiger charge is -2.41. The molecule has 1 aliphatic carbocycles. The van der Waals surface area contributed by atoms with Crippen LogP contribution < -0.4 is 10.1 Å². The number of carbonyl (C=O) groups is 2. The minimum Gasteiger partial charge on any atom is -0.483 e. The Balaban J connectivity index is 1.16. The molecule has 1 N–H and O–H groups in total. The molecule has 194 valence electrons. The number of benzene rings is 1. The van der Waals surface area contributed by atoms with Crippen molar-refractivity contribution >= 4 is 11.8 Å². The van der Waals surface area contributed by atoms with Gasteiger partial charge in [-0.25, -0.2) is 0 Å². The van der Waals surface area contributed by atoms with Gasteiger partial charge in [0.05, 0.1) is 24.8 Å². The zero-order valence-corrected chi connectivity index (χ0v) is 21.0. The number of ether oxygens (including phenoxy) is 2. The van der Waals surface area contributed by atoms with Gasteiger partial charge in [0, 0.05) is 26.2 Å². The largest absolute Gasteiger partial charge is 0.483 e. The van der Waals surface area contributed by atoms with Crippen molar-refractivity contribution in [3.8, 4) is 5.75 Å². The van der Waals surface area contributed by atoms with Gasteiger partial charge in [-0.15, -0.1) is 5.10 Å². The molecule has 9 heteroatoms. The van der Waals surface area contributed by atoms with E-state index in [4.69, 9.17) is 9.47 Å². The summed E-state index contributed by atoms with van der Waals surface area (Å²) in [6.45, 7) is 3.26. The second kappa shape index (κ2) is 11.4.